The molecule has 3 saturated heterocycles. The summed E-state index contributed by atoms with van der Waals surface area (Å²) < 4.78 is 26.1. The molecule has 10 nitrogen and oxygen atoms in total. The maximum atomic E-state index is 14.3. The number of benzene rings is 1. The maximum Gasteiger partial charge on any atom is 0.410 e. The summed E-state index contributed by atoms with van der Waals surface area (Å²) in [7, 11) is 0. The van der Waals surface area contributed by atoms with Gasteiger partial charge in [0.2, 0.25) is 0 Å². The number of hydrogen-bond acceptors (Lipinski definition) is 8. The highest BCUT2D eigenvalue weighted by atomic mass is 19.1. The number of amides is 2. The van der Waals surface area contributed by atoms with Crippen molar-refractivity contribution in [2.45, 2.75) is 78.9 Å². The molecule has 45 heavy (non-hydrogen) atoms. The predicted octanol–water partition coefficient (Wildman–Crippen LogP) is 5.83. The average molecular weight is 625 g/mol. The van der Waals surface area contributed by atoms with Gasteiger partial charge < -0.3 is 29.1 Å². The normalized spacial score (nSPS) is 19.0. The van der Waals surface area contributed by atoms with Crippen LogP contribution >= 0.6 is 0 Å². The molecule has 3 aliphatic rings. The van der Waals surface area contributed by atoms with Crippen LogP contribution in [0.15, 0.2) is 30.7 Å². The summed E-state index contributed by atoms with van der Waals surface area (Å²) in [6, 6.07) is 4.01. The molecule has 4 heterocycles. The Balaban J connectivity index is 1.15. The van der Waals surface area contributed by atoms with Crippen molar-refractivity contribution < 1.29 is 23.5 Å². The molecule has 3 aliphatic heterocycles. The van der Waals surface area contributed by atoms with Crippen LogP contribution in [0.5, 0.6) is 11.5 Å². The van der Waals surface area contributed by atoms with E-state index >= 15 is 0 Å². The highest BCUT2D eigenvalue weighted by Crippen LogP contribution is 2.45. The number of halogens is 1. The van der Waals surface area contributed by atoms with E-state index in [1.165, 1.54) is 24.5 Å². The molecular weight excluding hydrogens is 575 g/mol. The first-order valence-electron chi connectivity index (χ1n) is 16.4. The summed E-state index contributed by atoms with van der Waals surface area (Å²) >= 11 is 0. The van der Waals surface area contributed by atoms with Crippen LogP contribution in [-0.2, 0) is 4.74 Å². The number of carbonyl (C=O) groups is 2. The van der Waals surface area contributed by atoms with Crippen LogP contribution in [0, 0.1) is 17.2 Å². The highest BCUT2D eigenvalue weighted by molar-refractivity contribution is 5.97. The highest BCUT2D eigenvalue weighted by Gasteiger charge is 2.46. The molecule has 246 valence electrons. The van der Waals surface area contributed by atoms with Crippen molar-refractivity contribution in [3.63, 3.8) is 0 Å². The van der Waals surface area contributed by atoms with Crippen molar-refractivity contribution >= 4 is 17.8 Å². The summed E-state index contributed by atoms with van der Waals surface area (Å²) in [4.78, 5) is 42.8. The van der Waals surface area contributed by atoms with Gasteiger partial charge in [0, 0.05) is 50.7 Å². The Labute approximate surface area is 266 Å². The first-order chi connectivity index (χ1) is 21.4. The molecule has 5 rings (SSSR count). The number of piperidine rings is 2. The molecular formula is C34H49FN6O4. The molecule has 2 amide bonds. The zero-order valence-electron chi connectivity index (χ0n) is 27.7. The van der Waals surface area contributed by atoms with E-state index in [1.807, 2.05) is 46.4 Å². The van der Waals surface area contributed by atoms with Crippen LogP contribution in [-0.4, -0.2) is 101 Å². The second-order valence-electron chi connectivity index (χ2n) is 14.2. The van der Waals surface area contributed by atoms with Crippen LogP contribution in [0.1, 0.15) is 77.6 Å². The van der Waals surface area contributed by atoms with Gasteiger partial charge in [-0.25, -0.2) is 19.2 Å². The molecule has 1 spiro atoms. The molecule has 0 radical (unpaired) electrons. The summed E-state index contributed by atoms with van der Waals surface area (Å²) in [6.07, 6.45) is 7.20. The number of carbonyl (C=O) groups excluding carboxylic acids is 2. The van der Waals surface area contributed by atoms with Crippen LogP contribution in [0.2, 0.25) is 0 Å². The number of likely N-dealkylation sites (tertiary alicyclic amines) is 2. The van der Waals surface area contributed by atoms with Gasteiger partial charge in [0.1, 0.15) is 23.5 Å². The Bertz CT molecular complexity index is 1340. The lowest BCUT2D eigenvalue weighted by Gasteiger charge is -2.54. The fraction of sp³-hybridized carbons (Fsp3) is 0.647. The summed E-state index contributed by atoms with van der Waals surface area (Å²) in [5.41, 5.74) is -0.0364. The Hall–Kier alpha value is -3.47. The van der Waals surface area contributed by atoms with Gasteiger partial charge in [-0.3, -0.25) is 4.79 Å². The summed E-state index contributed by atoms with van der Waals surface area (Å²) in [5, 5.41) is 0. The van der Waals surface area contributed by atoms with Gasteiger partial charge in [0.05, 0.1) is 11.8 Å². The molecule has 3 fully saturated rings. The molecule has 11 heteroatoms. The van der Waals surface area contributed by atoms with Gasteiger partial charge in [-0.2, -0.15) is 0 Å². The Morgan fingerprint density at radius 1 is 1.09 bits per heavy atom. The van der Waals surface area contributed by atoms with Crippen LogP contribution < -0.4 is 9.64 Å². The second-order valence-corrected chi connectivity index (χ2v) is 14.2. The van der Waals surface area contributed by atoms with Gasteiger partial charge >= 0.3 is 6.09 Å². The van der Waals surface area contributed by atoms with E-state index in [9.17, 15) is 14.0 Å². The molecule has 0 bridgehead atoms. The third-order valence-corrected chi connectivity index (χ3v) is 9.33. The lowest BCUT2D eigenvalue weighted by atomic mass is 9.72. The van der Waals surface area contributed by atoms with E-state index in [-0.39, 0.29) is 34.8 Å². The fourth-order valence-corrected chi connectivity index (χ4v) is 6.82. The van der Waals surface area contributed by atoms with Crippen molar-refractivity contribution in [1.29, 1.82) is 0 Å². The third-order valence-electron chi connectivity index (χ3n) is 9.33. The molecule has 2 aromatic rings. The van der Waals surface area contributed by atoms with E-state index in [2.05, 4.69) is 19.8 Å². The molecule has 0 unspecified atom stereocenters. The first kappa shape index (κ1) is 32.9. The number of anilines is 1. The molecule has 0 saturated carbocycles. The van der Waals surface area contributed by atoms with Gasteiger partial charge in [-0.05, 0) is 104 Å². The Morgan fingerprint density at radius 3 is 2.40 bits per heavy atom. The number of nitrogens with zero attached hydrogens (tertiary/aromatic N) is 6. The molecule has 1 aromatic carbocycles. The SMILES string of the molecule is CCN(C(=O)c1cc(F)ccc1Oc1cncnc1N1CC2(CCN(CC3CCN(C(=O)OC(C)(C)C)CC3)CC2)C1)C(C)C. The van der Waals surface area contributed by atoms with E-state index in [0.717, 1.165) is 71.5 Å². The van der Waals surface area contributed by atoms with Crippen molar-refractivity contribution in [2.24, 2.45) is 11.3 Å². The standard InChI is InChI=1S/C34H49FN6O4/c1-7-41(24(2)3)31(42)27-18-26(35)8-9-28(27)44-29-19-36-23-37-30(29)40-21-34(22-40)12-16-38(17-13-34)20-25-10-14-39(15-11-25)32(43)45-33(4,5)6/h8-9,18-19,23-25H,7,10-17,20-22H2,1-6H3. The number of aromatic nitrogens is 2. The fourth-order valence-electron chi connectivity index (χ4n) is 6.82. The molecule has 0 N–H and O–H groups in total. The van der Waals surface area contributed by atoms with Crippen LogP contribution in [0.25, 0.3) is 0 Å². The second kappa shape index (κ2) is 13.5. The first-order valence-corrected chi connectivity index (χ1v) is 16.4. The Morgan fingerprint density at radius 2 is 1.78 bits per heavy atom. The van der Waals surface area contributed by atoms with Gasteiger partial charge in [0.25, 0.3) is 5.91 Å². The molecule has 1 aromatic heterocycles. The average Bonchev–Trinajstić information content (AvgIpc) is 2.97. The van der Waals surface area contributed by atoms with Crippen molar-refractivity contribution in [1.82, 2.24) is 24.7 Å². The maximum absolute atomic E-state index is 14.3. The molecule has 0 atom stereocenters. The minimum absolute atomic E-state index is 0.0323. The summed E-state index contributed by atoms with van der Waals surface area (Å²) in [6.45, 7) is 18.5. The number of hydrogen-bond donors (Lipinski definition) is 0. The van der Waals surface area contributed by atoms with Crippen molar-refractivity contribution in [2.75, 3.05) is 57.3 Å². The van der Waals surface area contributed by atoms with Gasteiger partial charge in [0.15, 0.2) is 11.6 Å². The van der Waals surface area contributed by atoms with Crippen LogP contribution in [0.3, 0.4) is 0 Å². The number of rotatable bonds is 8. The van der Waals surface area contributed by atoms with E-state index in [0.29, 0.717) is 24.0 Å². The molecule has 0 aliphatic carbocycles. The third kappa shape index (κ3) is 7.85. The smallest absolute Gasteiger partial charge is 0.410 e. The zero-order valence-corrected chi connectivity index (χ0v) is 27.7. The monoisotopic (exact) mass is 624 g/mol. The van der Waals surface area contributed by atoms with E-state index < -0.39 is 11.4 Å². The zero-order chi connectivity index (χ0) is 32.4. The largest absolute Gasteiger partial charge is 0.451 e. The topological polar surface area (TPSA) is 91.3 Å². The van der Waals surface area contributed by atoms with E-state index in [1.54, 1.807) is 11.1 Å². The van der Waals surface area contributed by atoms with E-state index in [4.69, 9.17) is 9.47 Å². The quantitative estimate of drug-likeness (QED) is 0.363. The van der Waals surface area contributed by atoms with Crippen molar-refractivity contribution in [3.8, 4) is 11.5 Å². The van der Waals surface area contributed by atoms with Crippen LogP contribution in [0.4, 0.5) is 15.0 Å². The number of ether oxygens (including phenoxy) is 2. The Kier molecular flexibility index (Phi) is 9.86. The summed E-state index contributed by atoms with van der Waals surface area (Å²) in [5.74, 6) is 1.27. The van der Waals surface area contributed by atoms with Gasteiger partial charge in [-0.1, -0.05) is 0 Å². The lowest BCUT2D eigenvalue weighted by Crippen LogP contribution is -2.61. The predicted molar refractivity (Wildman–Crippen MR) is 171 cm³/mol. The minimum Gasteiger partial charge on any atom is -0.451 e. The van der Waals surface area contributed by atoms with Gasteiger partial charge in [-0.15, -0.1) is 0 Å². The minimum atomic E-state index is -0.489. The van der Waals surface area contributed by atoms with Crippen molar-refractivity contribution in [3.05, 3.63) is 42.1 Å². The lowest BCUT2D eigenvalue weighted by molar-refractivity contribution is 0.0144.